The Morgan fingerprint density at radius 2 is 1.86 bits per heavy atom. The van der Waals surface area contributed by atoms with Crippen LogP contribution < -0.4 is 10.1 Å². The minimum atomic E-state index is -4.79. The van der Waals surface area contributed by atoms with Gasteiger partial charge >= 0.3 is 11.9 Å². The molecule has 3 aromatic rings. The summed E-state index contributed by atoms with van der Waals surface area (Å²) in [4.78, 5) is 23.4. The SMILES string of the molecule is Cc1cccc(NC(=O)/C(C#N)=C/c2cc(Br)cc(Br)c2Oc2ccc(C(F)(F)F)cc2[N+](=O)[O-])c1C. The maximum absolute atomic E-state index is 13.1. The molecule has 7 nitrogen and oxygen atoms in total. The highest BCUT2D eigenvalue weighted by atomic mass is 79.9. The van der Waals surface area contributed by atoms with E-state index in [4.69, 9.17) is 4.74 Å². The van der Waals surface area contributed by atoms with E-state index in [1.54, 1.807) is 12.1 Å². The molecule has 0 aliphatic heterocycles. The summed E-state index contributed by atoms with van der Waals surface area (Å²) >= 11 is 6.56. The van der Waals surface area contributed by atoms with Crippen LogP contribution in [0.25, 0.3) is 6.08 Å². The Balaban J connectivity index is 2.06. The number of halogens is 5. The molecular formula is C25H16Br2F3N3O4. The highest BCUT2D eigenvalue weighted by Crippen LogP contribution is 2.42. The molecular weight excluding hydrogens is 623 g/mol. The van der Waals surface area contributed by atoms with E-state index in [1.807, 2.05) is 26.0 Å². The van der Waals surface area contributed by atoms with E-state index in [9.17, 15) is 33.3 Å². The number of carbonyl (C=O) groups is 1. The number of hydrogen-bond donors (Lipinski definition) is 1. The van der Waals surface area contributed by atoms with Gasteiger partial charge in [0.2, 0.25) is 5.75 Å². The monoisotopic (exact) mass is 637 g/mol. The topological polar surface area (TPSA) is 105 Å². The minimum absolute atomic E-state index is 0.0571. The molecule has 0 aliphatic rings. The molecule has 0 bridgehead atoms. The molecule has 0 heterocycles. The lowest BCUT2D eigenvalue weighted by Gasteiger charge is -2.14. The number of nitriles is 1. The molecule has 3 aromatic carbocycles. The van der Waals surface area contributed by atoms with Crippen LogP contribution in [0.1, 0.15) is 22.3 Å². The van der Waals surface area contributed by atoms with Gasteiger partial charge in [0.05, 0.1) is 15.0 Å². The largest absolute Gasteiger partial charge is 0.448 e. The molecule has 0 saturated carbocycles. The van der Waals surface area contributed by atoms with Gasteiger partial charge in [0, 0.05) is 21.8 Å². The van der Waals surface area contributed by atoms with Crippen molar-refractivity contribution in [2.45, 2.75) is 20.0 Å². The Kier molecular flexibility index (Phi) is 8.40. The normalized spacial score (nSPS) is 11.6. The number of alkyl halides is 3. The number of rotatable bonds is 6. The van der Waals surface area contributed by atoms with Crippen LogP contribution >= 0.6 is 31.9 Å². The van der Waals surface area contributed by atoms with Crippen molar-refractivity contribution in [1.82, 2.24) is 0 Å². The van der Waals surface area contributed by atoms with E-state index in [0.29, 0.717) is 22.3 Å². The fourth-order valence-corrected chi connectivity index (χ4v) is 4.55. The summed E-state index contributed by atoms with van der Waals surface area (Å²) in [7, 11) is 0. The van der Waals surface area contributed by atoms with E-state index < -0.39 is 34.0 Å². The number of aryl methyl sites for hydroxylation is 1. The summed E-state index contributed by atoms with van der Waals surface area (Å²) in [5, 5.41) is 23.8. The quantitative estimate of drug-likeness (QED) is 0.127. The average molecular weight is 639 g/mol. The maximum atomic E-state index is 13.1. The van der Waals surface area contributed by atoms with Gasteiger partial charge in [-0.3, -0.25) is 14.9 Å². The van der Waals surface area contributed by atoms with Gasteiger partial charge in [-0.2, -0.15) is 18.4 Å². The predicted molar refractivity (Wildman–Crippen MR) is 138 cm³/mol. The molecule has 0 aromatic heterocycles. The van der Waals surface area contributed by atoms with Gasteiger partial charge in [0.25, 0.3) is 5.91 Å². The molecule has 0 unspecified atom stereocenters. The van der Waals surface area contributed by atoms with Crippen molar-refractivity contribution in [1.29, 1.82) is 5.26 Å². The van der Waals surface area contributed by atoms with Crippen LogP contribution in [0.4, 0.5) is 24.5 Å². The molecule has 0 spiro atoms. The number of hydrogen-bond acceptors (Lipinski definition) is 5. The third kappa shape index (κ3) is 6.55. The summed E-state index contributed by atoms with van der Waals surface area (Å²) in [6.07, 6.45) is -3.58. The summed E-state index contributed by atoms with van der Waals surface area (Å²) in [5.41, 5.74) is -0.00890. The van der Waals surface area contributed by atoms with E-state index in [-0.39, 0.29) is 21.4 Å². The third-order valence-electron chi connectivity index (χ3n) is 5.25. The second-order valence-electron chi connectivity index (χ2n) is 7.72. The van der Waals surface area contributed by atoms with Crippen LogP contribution in [-0.2, 0) is 11.0 Å². The zero-order valence-electron chi connectivity index (χ0n) is 19.1. The molecule has 1 amide bonds. The summed E-state index contributed by atoms with van der Waals surface area (Å²) in [5.74, 6) is -1.23. The first-order valence-corrected chi connectivity index (χ1v) is 11.9. The second-order valence-corrected chi connectivity index (χ2v) is 9.49. The third-order valence-corrected chi connectivity index (χ3v) is 6.30. The number of carbonyl (C=O) groups excluding carboxylic acids is 1. The maximum Gasteiger partial charge on any atom is 0.416 e. The molecule has 12 heteroatoms. The van der Waals surface area contributed by atoms with Crippen molar-refractivity contribution >= 4 is 55.2 Å². The Hall–Kier alpha value is -3.69. The fourth-order valence-electron chi connectivity index (χ4n) is 3.21. The highest BCUT2D eigenvalue weighted by molar-refractivity contribution is 9.11. The number of benzene rings is 3. The van der Waals surface area contributed by atoms with Crippen molar-refractivity contribution in [3.05, 3.63) is 95.4 Å². The van der Waals surface area contributed by atoms with Crippen LogP contribution in [0.15, 0.2) is 63.0 Å². The molecule has 0 atom stereocenters. The Morgan fingerprint density at radius 3 is 2.49 bits per heavy atom. The number of anilines is 1. The van der Waals surface area contributed by atoms with Gasteiger partial charge in [-0.15, -0.1) is 0 Å². The molecule has 190 valence electrons. The molecule has 37 heavy (non-hydrogen) atoms. The average Bonchev–Trinajstić information content (AvgIpc) is 2.81. The Morgan fingerprint density at radius 1 is 1.16 bits per heavy atom. The van der Waals surface area contributed by atoms with Crippen molar-refractivity contribution in [2.24, 2.45) is 0 Å². The molecule has 3 rings (SSSR count). The van der Waals surface area contributed by atoms with Gasteiger partial charge in [-0.1, -0.05) is 28.1 Å². The predicted octanol–water partition coefficient (Wildman–Crippen LogP) is 8.09. The van der Waals surface area contributed by atoms with Crippen molar-refractivity contribution in [2.75, 3.05) is 5.32 Å². The summed E-state index contributed by atoms with van der Waals surface area (Å²) in [6, 6.07) is 12.0. The van der Waals surface area contributed by atoms with Crippen molar-refractivity contribution < 1.29 is 27.6 Å². The van der Waals surface area contributed by atoms with Crippen LogP contribution in [0, 0.1) is 35.3 Å². The number of amides is 1. The minimum Gasteiger partial charge on any atom is -0.448 e. The summed E-state index contributed by atoms with van der Waals surface area (Å²) < 4.78 is 45.7. The smallest absolute Gasteiger partial charge is 0.416 e. The van der Waals surface area contributed by atoms with Gasteiger partial charge in [-0.05, 0) is 77.3 Å². The molecule has 1 N–H and O–H groups in total. The standard InChI is InChI=1S/C25H16Br2F3N3O4/c1-13-4-3-5-20(14(13)2)32-24(34)16(12-31)8-15-9-18(26)11-19(27)23(15)37-22-7-6-17(25(28,29)30)10-21(22)33(35)36/h3-11H,1-2H3,(H,32,34)/b16-8+. The van der Waals surface area contributed by atoms with Gasteiger partial charge in [-0.25, -0.2) is 0 Å². The number of nitro groups is 1. The van der Waals surface area contributed by atoms with Crippen molar-refractivity contribution in [3.63, 3.8) is 0 Å². The number of nitrogens with one attached hydrogen (secondary N) is 1. The first kappa shape index (κ1) is 27.9. The molecule has 0 fully saturated rings. The van der Waals surface area contributed by atoms with Gasteiger partial charge in [0.15, 0.2) is 0 Å². The van der Waals surface area contributed by atoms with E-state index in [2.05, 4.69) is 37.2 Å². The lowest BCUT2D eigenvalue weighted by molar-refractivity contribution is -0.385. The van der Waals surface area contributed by atoms with Crippen LogP contribution in [0.2, 0.25) is 0 Å². The van der Waals surface area contributed by atoms with Crippen LogP contribution in [0.3, 0.4) is 0 Å². The lowest BCUT2D eigenvalue weighted by Crippen LogP contribution is -2.14. The zero-order chi connectivity index (χ0) is 27.5. The van der Waals surface area contributed by atoms with Gasteiger partial charge < -0.3 is 10.1 Å². The van der Waals surface area contributed by atoms with Crippen molar-refractivity contribution in [3.8, 4) is 17.6 Å². The summed E-state index contributed by atoms with van der Waals surface area (Å²) in [6.45, 7) is 3.68. The Bertz CT molecular complexity index is 1480. The molecule has 0 saturated heterocycles. The van der Waals surface area contributed by atoms with E-state index >= 15 is 0 Å². The molecule has 0 aliphatic carbocycles. The van der Waals surface area contributed by atoms with Gasteiger partial charge in [0.1, 0.15) is 17.4 Å². The van der Waals surface area contributed by atoms with Crippen LogP contribution in [0.5, 0.6) is 11.5 Å². The number of nitrogens with zero attached hydrogens (tertiary/aromatic N) is 2. The number of ether oxygens (including phenoxy) is 1. The molecule has 0 radical (unpaired) electrons. The second kappa shape index (κ2) is 11.1. The number of nitro benzene ring substituents is 1. The van der Waals surface area contributed by atoms with Crippen LogP contribution in [-0.4, -0.2) is 10.8 Å². The van der Waals surface area contributed by atoms with E-state index in [1.165, 1.54) is 18.2 Å². The fraction of sp³-hybridized carbons (Fsp3) is 0.120. The first-order chi connectivity index (χ1) is 17.3. The van der Waals surface area contributed by atoms with E-state index in [0.717, 1.165) is 17.2 Å². The zero-order valence-corrected chi connectivity index (χ0v) is 22.3. The lowest BCUT2D eigenvalue weighted by atomic mass is 10.1. The highest BCUT2D eigenvalue weighted by Gasteiger charge is 2.33. The first-order valence-electron chi connectivity index (χ1n) is 10.3. The Labute approximate surface area is 226 Å².